The molecule has 0 atom stereocenters. The molecule has 0 spiro atoms. The average molecular weight is 256 g/mol. The third-order valence-corrected chi connectivity index (χ3v) is 2.71. The maximum Gasteiger partial charge on any atom is 0.257 e. The molecule has 1 amide bonds. The number of nitrogens with one attached hydrogen (secondary N) is 2. The molecule has 3 aromatic rings. The second kappa shape index (κ2) is 4.49. The number of nitrogens with zero attached hydrogens (tertiary/aromatic N) is 2. The van der Waals surface area contributed by atoms with Crippen LogP contribution in [0.3, 0.4) is 0 Å². The van der Waals surface area contributed by atoms with E-state index in [2.05, 4.69) is 20.5 Å². The van der Waals surface area contributed by atoms with Gasteiger partial charge in [0.15, 0.2) is 0 Å². The number of halogens is 1. The molecule has 0 saturated heterocycles. The number of pyridine rings is 1. The second-order valence-electron chi connectivity index (χ2n) is 3.96. The highest BCUT2D eigenvalue weighted by Gasteiger charge is 2.09. The van der Waals surface area contributed by atoms with Crippen LogP contribution < -0.4 is 5.32 Å². The van der Waals surface area contributed by atoms with E-state index in [-0.39, 0.29) is 11.5 Å². The molecule has 0 radical (unpaired) electrons. The Bertz CT molecular complexity index is 736. The Labute approximate surface area is 107 Å². The van der Waals surface area contributed by atoms with Crippen molar-refractivity contribution in [2.45, 2.75) is 0 Å². The van der Waals surface area contributed by atoms with E-state index in [0.29, 0.717) is 5.69 Å². The molecule has 3 rings (SSSR count). The maximum atomic E-state index is 12.7. The largest absolute Gasteiger partial charge is 0.320 e. The zero-order valence-electron chi connectivity index (χ0n) is 9.72. The Morgan fingerprint density at radius 3 is 2.89 bits per heavy atom. The van der Waals surface area contributed by atoms with E-state index in [1.54, 1.807) is 12.3 Å². The summed E-state index contributed by atoms with van der Waals surface area (Å²) < 4.78 is 12.7. The minimum atomic E-state index is -0.618. The number of hydrogen-bond donors (Lipinski definition) is 2. The van der Waals surface area contributed by atoms with E-state index in [9.17, 15) is 9.18 Å². The van der Waals surface area contributed by atoms with Crippen molar-refractivity contribution in [1.29, 1.82) is 0 Å². The molecule has 2 N–H and O–H groups in total. The first-order valence-corrected chi connectivity index (χ1v) is 5.59. The topological polar surface area (TPSA) is 70.7 Å². The lowest BCUT2D eigenvalue weighted by atomic mass is 10.2. The van der Waals surface area contributed by atoms with Gasteiger partial charge in [-0.25, -0.2) is 4.98 Å². The molecule has 5 nitrogen and oxygen atoms in total. The molecule has 2 aromatic heterocycles. The number of aromatic amines is 1. The molecular formula is C13H9FN4O. The standard InChI is InChI=1S/C13H9FN4O/c14-11-5-4-9(6-15-11)13(19)17-10-3-1-2-8-7-16-18-12(8)10/h1-7H,(H,16,18)(H,17,19). The molecule has 0 aliphatic carbocycles. The first-order chi connectivity index (χ1) is 9.24. The minimum Gasteiger partial charge on any atom is -0.320 e. The van der Waals surface area contributed by atoms with Gasteiger partial charge in [0.05, 0.1) is 23.0 Å². The fourth-order valence-corrected chi connectivity index (χ4v) is 1.78. The molecule has 94 valence electrons. The van der Waals surface area contributed by atoms with Gasteiger partial charge in [-0.2, -0.15) is 9.49 Å². The molecule has 1 aromatic carbocycles. The number of hydrogen-bond acceptors (Lipinski definition) is 3. The lowest BCUT2D eigenvalue weighted by molar-refractivity contribution is 0.102. The van der Waals surface area contributed by atoms with Crippen LogP contribution in [0.2, 0.25) is 0 Å². The Morgan fingerprint density at radius 1 is 1.21 bits per heavy atom. The number of H-pyrrole nitrogens is 1. The molecule has 2 heterocycles. The van der Waals surface area contributed by atoms with Gasteiger partial charge < -0.3 is 5.32 Å². The zero-order chi connectivity index (χ0) is 13.2. The van der Waals surface area contributed by atoms with Crippen LogP contribution in [0.1, 0.15) is 10.4 Å². The fourth-order valence-electron chi connectivity index (χ4n) is 1.78. The molecule has 0 aliphatic rings. The van der Waals surface area contributed by atoms with Gasteiger partial charge in [0.25, 0.3) is 5.91 Å². The molecule has 0 bridgehead atoms. The number of benzene rings is 1. The summed E-state index contributed by atoms with van der Waals surface area (Å²) in [4.78, 5) is 15.4. The number of amides is 1. The summed E-state index contributed by atoms with van der Waals surface area (Å²) in [5.74, 6) is -0.971. The van der Waals surface area contributed by atoms with E-state index >= 15 is 0 Å². The van der Waals surface area contributed by atoms with Gasteiger partial charge in [-0.3, -0.25) is 9.89 Å². The predicted octanol–water partition coefficient (Wildman–Crippen LogP) is 2.35. The van der Waals surface area contributed by atoms with Crippen LogP contribution in [0.4, 0.5) is 10.1 Å². The van der Waals surface area contributed by atoms with Crippen LogP contribution in [0.5, 0.6) is 0 Å². The van der Waals surface area contributed by atoms with Crippen LogP contribution >= 0.6 is 0 Å². The van der Waals surface area contributed by atoms with Gasteiger partial charge in [0, 0.05) is 11.6 Å². The number of carbonyl (C=O) groups excluding carboxylic acids is 1. The van der Waals surface area contributed by atoms with Gasteiger partial charge in [-0.1, -0.05) is 12.1 Å². The molecule has 6 heteroatoms. The smallest absolute Gasteiger partial charge is 0.257 e. The number of aromatic nitrogens is 3. The van der Waals surface area contributed by atoms with Crippen molar-refractivity contribution in [3.63, 3.8) is 0 Å². The highest BCUT2D eigenvalue weighted by molar-refractivity contribution is 6.08. The Kier molecular flexibility index (Phi) is 2.68. The van der Waals surface area contributed by atoms with E-state index in [1.165, 1.54) is 12.3 Å². The van der Waals surface area contributed by atoms with Crippen LogP contribution in [0.25, 0.3) is 10.9 Å². The number of para-hydroxylation sites is 1. The molecule has 0 saturated carbocycles. The van der Waals surface area contributed by atoms with Gasteiger partial charge in [-0.05, 0) is 18.2 Å². The zero-order valence-corrected chi connectivity index (χ0v) is 9.72. The van der Waals surface area contributed by atoms with E-state index < -0.39 is 5.95 Å². The Balaban J connectivity index is 1.90. The fraction of sp³-hybridized carbons (Fsp3) is 0. The molecular weight excluding hydrogens is 247 g/mol. The SMILES string of the molecule is O=C(Nc1cccc2cn[nH]c12)c1ccc(F)nc1. The summed E-state index contributed by atoms with van der Waals surface area (Å²) >= 11 is 0. The van der Waals surface area contributed by atoms with Gasteiger partial charge in [0.2, 0.25) is 5.95 Å². The number of anilines is 1. The first-order valence-electron chi connectivity index (χ1n) is 5.59. The Morgan fingerprint density at radius 2 is 2.11 bits per heavy atom. The van der Waals surface area contributed by atoms with Crippen LogP contribution in [0, 0.1) is 5.95 Å². The highest BCUT2D eigenvalue weighted by Crippen LogP contribution is 2.20. The van der Waals surface area contributed by atoms with Gasteiger partial charge in [0.1, 0.15) is 0 Å². The number of carbonyl (C=O) groups is 1. The first kappa shape index (κ1) is 11.3. The third kappa shape index (κ3) is 2.15. The summed E-state index contributed by atoms with van der Waals surface area (Å²) in [5.41, 5.74) is 1.65. The third-order valence-electron chi connectivity index (χ3n) is 2.71. The van der Waals surface area contributed by atoms with Crippen LogP contribution in [-0.4, -0.2) is 21.1 Å². The quantitative estimate of drug-likeness (QED) is 0.691. The average Bonchev–Trinajstić information content (AvgIpc) is 2.89. The normalized spacial score (nSPS) is 10.6. The van der Waals surface area contributed by atoms with Crippen molar-refractivity contribution >= 4 is 22.5 Å². The number of fused-ring (bicyclic) bond motifs is 1. The lowest BCUT2D eigenvalue weighted by Gasteiger charge is -2.05. The Hall–Kier alpha value is -2.76. The minimum absolute atomic E-state index is 0.290. The summed E-state index contributed by atoms with van der Waals surface area (Å²) in [5, 5.41) is 10.4. The molecule has 0 aliphatic heterocycles. The maximum absolute atomic E-state index is 12.7. The van der Waals surface area contributed by atoms with Crippen LogP contribution in [0.15, 0.2) is 42.7 Å². The second-order valence-corrected chi connectivity index (χ2v) is 3.96. The van der Waals surface area contributed by atoms with E-state index in [4.69, 9.17) is 0 Å². The highest BCUT2D eigenvalue weighted by atomic mass is 19.1. The lowest BCUT2D eigenvalue weighted by Crippen LogP contribution is -2.12. The predicted molar refractivity (Wildman–Crippen MR) is 68.2 cm³/mol. The van der Waals surface area contributed by atoms with Crippen LogP contribution in [-0.2, 0) is 0 Å². The van der Waals surface area contributed by atoms with Crippen molar-refractivity contribution in [2.24, 2.45) is 0 Å². The van der Waals surface area contributed by atoms with Crippen molar-refractivity contribution < 1.29 is 9.18 Å². The van der Waals surface area contributed by atoms with Crippen molar-refractivity contribution in [3.8, 4) is 0 Å². The van der Waals surface area contributed by atoms with Crippen molar-refractivity contribution in [3.05, 3.63) is 54.2 Å². The van der Waals surface area contributed by atoms with E-state index in [1.807, 2.05) is 12.1 Å². The summed E-state index contributed by atoms with van der Waals surface area (Å²) in [6, 6.07) is 7.98. The number of rotatable bonds is 2. The molecule has 19 heavy (non-hydrogen) atoms. The van der Waals surface area contributed by atoms with Gasteiger partial charge in [-0.15, -0.1) is 0 Å². The summed E-state index contributed by atoms with van der Waals surface area (Å²) in [6.45, 7) is 0. The van der Waals surface area contributed by atoms with E-state index in [0.717, 1.165) is 17.0 Å². The monoisotopic (exact) mass is 256 g/mol. The summed E-state index contributed by atoms with van der Waals surface area (Å²) in [7, 11) is 0. The summed E-state index contributed by atoms with van der Waals surface area (Å²) in [6.07, 6.45) is 2.86. The van der Waals surface area contributed by atoms with Crippen molar-refractivity contribution in [2.75, 3.05) is 5.32 Å². The van der Waals surface area contributed by atoms with Gasteiger partial charge >= 0.3 is 0 Å². The van der Waals surface area contributed by atoms with Crippen molar-refractivity contribution in [1.82, 2.24) is 15.2 Å². The molecule has 0 unspecified atom stereocenters. The molecule has 0 fully saturated rings.